The van der Waals surface area contributed by atoms with E-state index in [1.165, 1.54) is 25.6 Å². The Labute approximate surface area is 118 Å². The monoisotopic (exact) mass is 323 g/mol. The SMILES string of the molecule is CO/C=C(\c1ccc(F)nc1)c1cc(Br)cnc1N. The number of methoxy groups -OCH3 is 1. The second-order valence-corrected chi connectivity index (χ2v) is 4.64. The Morgan fingerprint density at radius 3 is 2.79 bits per heavy atom. The van der Waals surface area contributed by atoms with E-state index in [4.69, 9.17) is 10.5 Å². The number of aromatic nitrogens is 2. The lowest BCUT2D eigenvalue weighted by Gasteiger charge is -2.10. The van der Waals surface area contributed by atoms with Crippen LogP contribution in [-0.2, 0) is 4.74 Å². The molecule has 0 radical (unpaired) electrons. The number of nitrogen functional groups attached to an aromatic ring is 1. The molecular formula is C13H11BrFN3O. The van der Waals surface area contributed by atoms with Gasteiger partial charge in [-0.15, -0.1) is 0 Å². The number of anilines is 1. The largest absolute Gasteiger partial charge is 0.504 e. The van der Waals surface area contributed by atoms with Gasteiger partial charge in [0, 0.05) is 33.6 Å². The van der Waals surface area contributed by atoms with Crippen LogP contribution in [0.25, 0.3) is 5.57 Å². The van der Waals surface area contributed by atoms with Crippen molar-refractivity contribution in [3.63, 3.8) is 0 Å². The van der Waals surface area contributed by atoms with Gasteiger partial charge in [-0.3, -0.25) is 0 Å². The molecule has 0 fully saturated rings. The predicted molar refractivity (Wildman–Crippen MR) is 74.6 cm³/mol. The minimum atomic E-state index is -0.541. The van der Waals surface area contributed by atoms with E-state index in [-0.39, 0.29) is 0 Å². The highest BCUT2D eigenvalue weighted by molar-refractivity contribution is 9.10. The van der Waals surface area contributed by atoms with Crippen molar-refractivity contribution in [3.05, 3.63) is 58.4 Å². The summed E-state index contributed by atoms with van der Waals surface area (Å²) >= 11 is 3.34. The van der Waals surface area contributed by atoms with Gasteiger partial charge in [0.2, 0.25) is 5.95 Å². The van der Waals surface area contributed by atoms with Gasteiger partial charge in [-0.25, -0.2) is 9.97 Å². The van der Waals surface area contributed by atoms with Crippen LogP contribution in [0.3, 0.4) is 0 Å². The Morgan fingerprint density at radius 2 is 2.16 bits per heavy atom. The molecule has 19 heavy (non-hydrogen) atoms. The topological polar surface area (TPSA) is 61.0 Å². The maximum absolute atomic E-state index is 12.9. The fourth-order valence-corrected chi connectivity index (χ4v) is 1.94. The molecule has 0 aliphatic heterocycles. The lowest BCUT2D eigenvalue weighted by molar-refractivity contribution is 0.340. The summed E-state index contributed by atoms with van der Waals surface area (Å²) in [6.45, 7) is 0. The molecule has 98 valence electrons. The van der Waals surface area contributed by atoms with Crippen LogP contribution in [0.5, 0.6) is 0 Å². The molecule has 0 aromatic carbocycles. The zero-order valence-corrected chi connectivity index (χ0v) is 11.7. The number of hydrogen-bond donors (Lipinski definition) is 1. The van der Waals surface area contributed by atoms with Crippen molar-refractivity contribution in [1.29, 1.82) is 0 Å². The first-order valence-electron chi connectivity index (χ1n) is 5.38. The zero-order chi connectivity index (χ0) is 13.8. The van der Waals surface area contributed by atoms with Crippen LogP contribution < -0.4 is 5.73 Å². The van der Waals surface area contributed by atoms with Crippen LogP contribution in [-0.4, -0.2) is 17.1 Å². The summed E-state index contributed by atoms with van der Waals surface area (Å²) in [7, 11) is 1.53. The molecule has 0 aliphatic carbocycles. The Hall–Kier alpha value is -1.95. The second-order valence-electron chi connectivity index (χ2n) is 3.72. The van der Waals surface area contributed by atoms with Crippen LogP contribution in [0.15, 0.2) is 41.3 Å². The summed E-state index contributed by atoms with van der Waals surface area (Å²) in [5.41, 5.74) is 7.92. The first-order valence-corrected chi connectivity index (χ1v) is 6.17. The third-order valence-corrected chi connectivity index (χ3v) is 2.88. The molecule has 6 heteroatoms. The molecule has 0 aliphatic rings. The molecule has 2 heterocycles. The maximum atomic E-state index is 12.9. The van der Waals surface area contributed by atoms with Crippen molar-refractivity contribution >= 4 is 27.3 Å². The van der Waals surface area contributed by atoms with E-state index in [9.17, 15) is 4.39 Å². The molecule has 2 rings (SSSR count). The van der Waals surface area contributed by atoms with Crippen molar-refractivity contribution in [2.45, 2.75) is 0 Å². The van der Waals surface area contributed by atoms with E-state index in [2.05, 4.69) is 25.9 Å². The lowest BCUT2D eigenvalue weighted by Crippen LogP contribution is -1.99. The Bertz CT molecular complexity index is 614. The summed E-state index contributed by atoms with van der Waals surface area (Å²) in [6, 6.07) is 4.70. The van der Waals surface area contributed by atoms with Crippen LogP contribution in [0.1, 0.15) is 11.1 Å². The van der Waals surface area contributed by atoms with Crippen LogP contribution in [0.4, 0.5) is 10.2 Å². The van der Waals surface area contributed by atoms with Gasteiger partial charge >= 0.3 is 0 Å². The van der Waals surface area contributed by atoms with Gasteiger partial charge < -0.3 is 10.5 Å². The number of hydrogen-bond acceptors (Lipinski definition) is 4. The Balaban J connectivity index is 2.55. The van der Waals surface area contributed by atoms with Crippen molar-refractivity contribution in [2.24, 2.45) is 0 Å². The molecule has 2 aromatic rings. The van der Waals surface area contributed by atoms with Gasteiger partial charge in [-0.2, -0.15) is 4.39 Å². The number of pyridine rings is 2. The molecule has 0 unspecified atom stereocenters. The molecule has 0 saturated carbocycles. The number of nitrogens with two attached hydrogens (primary N) is 1. The normalized spacial score (nSPS) is 11.4. The minimum Gasteiger partial charge on any atom is -0.504 e. The van der Waals surface area contributed by atoms with Gasteiger partial charge in [0.15, 0.2) is 0 Å². The fourth-order valence-electron chi connectivity index (χ4n) is 1.61. The van der Waals surface area contributed by atoms with Crippen molar-refractivity contribution in [2.75, 3.05) is 12.8 Å². The first-order chi connectivity index (χ1) is 9.11. The van der Waals surface area contributed by atoms with Crippen LogP contribution >= 0.6 is 15.9 Å². The zero-order valence-electron chi connectivity index (χ0n) is 10.1. The Morgan fingerprint density at radius 1 is 1.37 bits per heavy atom. The fraction of sp³-hybridized carbons (Fsp3) is 0.0769. The highest BCUT2D eigenvalue weighted by Gasteiger charge is 2.11. The van der Waals surface area contributed by atoms with Crippen molar-refractivity contribution in [3.8, 4) is 0 Å². The Kier molecular flexibility index (Phi) is 4.11. The molecule has 0 bridgehead atoms. The highest BCUT2D eigenvalue weighted by atomic mass is 79.9. The number of halogens is 2. The average molecular weight is 324 g/mol. The van der Waals surface area contributed by atoms with E-state index in [1.807, 2.05) is 6.07 Å². The summed E-state index contributed by atoms with van der Waals surface area (Å²) < 4.78 is 18.7. The third-order valence-electron chi connectivity index (χ3n) is 2.45. The lowest BCUT2D eigenvalue weighted by atomic mass is 10.0. The summed E-state index contributed by atoms with van der Waals surface area (Å²) in [6.07, 6.45) is 4.54. The van der Waals surface area contributed by atoms with Gasteiger partial charge in [0.1, 0.15) is 5.82 Å². The molecule has 4 nitrogen and oxygen atoms in total. The minimum absolute atomic E-state index is 0.357. The van der Waals surface area contributed by atoms with E-state index >= 15 is 0 Å². The van der Waals surface area contributed by atoms with Gasteiger partial charge in [0.05, 0.1) is 13.4 Å². The van der Waals surface area contributed by atoms with E-state index in [0.717, 1.165) is 4.47 Å². The van der Waals surface area contributed by atoms with Gasteiger partial charge in [0.25, 0.3) is 0 Å². The molecule has 0 atom stereocenters. The van der Waals surface area contributed by atoms with E-state index in [0.29, 0.717) is 22.5 Å². The predicted octanol–water partition coefficient (Wildman–Crippen LogP) is 3.00. The standard InChI is InChI=1S/C13H11BrFN3O/c1-19-7-11(8-2-3-12(15)17-5-8)10-4-9(14)6-18-13(10)16/h2-7H,1H3,(H2,16,18)/b11-7+. The number of ether oxygens (including phenoxy) is 1. The first kappa shape index (κ1) is 13.5. The molecule has 0 amide bonds. The van der Waals surface area contributed by atoms with Crippen LogP contribution in [0, 0.1) is 5.95 Å². The molecule has 0 spiro atoms. The molecular weight excluding hydrogens is 313 g/mol. The van der Waals surface area contributed by atoms with Crippen molar-refractivity contribution in [1.82, 2.24) is 9.97 Å². The van der Waals surface area contributed by atoms with Crippen molar-refractivity contribution < 1.29 is 9.13 Å². The van der Waals surface area contributed by atoms with E-state index < -0.39 is 5.95 Å². The van der Waals surface area contributed by atoms with Crippen LogP contribution in [0.2, 0.25) is 0 Å². The second kappa shape index (κ2) is 5.79. The average Bonchev–Trinajstić information content (AvgIpc) is 2.40. The van der Waals surface area contributed by atoms with Gasteiger partial charge in [-0.05, 0) is 34.1 Å². The quantitative estimate of drug-likeness (QED) is 0.696. The summed E-state index contributed by atoms with van der Waals surface area (Å²) in [5.74, 6) is -0.184. The molecule has 2 aromatic heterocycles. The molecule has 2 N–H and O–H groups in total. The van der Waals surface area contributed by atoms with Gasteiger partial charge in [-0.1, -0.05) is 0 Å². The molecule has 0 saturated heterocycles. The summed E-state index contributed by atoms with van der Waals surface area (Å²) in [4.78, 5) is 7.69. The number of nitrogens with zero attached hydrogens (tertiary/aromatic N) is 2. The highest BCUT2D eigenvalue weighted by Crippen LogP contribution is 2.28. The smallest absolute Gasteiger partial charge is 0.212 e. The summed E-state index contributed by atoms with van der Waals surface area (Å²) in [5, 5.41) is 0. The number of rotatable bonds is 3. The maximum Gasteiger partial charge on any atom is 0.212 e. The van der Waals surface area contributed by atoms with E-state index in [1.54, 1.807) is 12.3 Å². The third kappa shape index (κ3) is 3.08.